The zero-order valence-electron chi connectivity index (χ0n) is 30.4. The normalized spacial score (nSPS) is 14.5. The van der Waals surface area contributed by atoms with Crippen LogP contribution >= 0.6 is 0 Å². The maximum Gasteiger partial charge on any atom is 0.311 e. The fraction of sp³-hybridized carbons (Fsp3) is 0.541. The Morgan fingerprint density at radius 1 is 0.827 bits per heavy atom. The van der Waals surface area contributed by atoms with E-state index in [-0.39, 0.29) is 44.0 Å². The van der Waals surface area contributed by atoms with Crippen molar-refractivity contribution in [2.24, 2.45) is 23.0 Å². The topological polar surface area (TPSA) is 236 Å². The molecule has 0 saturated carbocycles. The van der Waals surface area contributed by atoms with Crippen LogP contribution in [-0.2, 0) is 60.9 Å². The van der Waals surface area contributed by atoms with E-state index in [9.17, 15) is 48.3 Å². The summed E-state index contributed by atoms with van der Waals surface area (Å²) >= 11 is 0. The number of imide groups is 1. The molecule has 5 N–H and O–H groups in total. The van der Waals surface area contributed by atoms with Crippen molar-refractivity contribution in [1.82, 2.24) is 15.5 Å². The lowest BCUT2D eigenvalue weighted by Gasteiger charge is -2.26. The monoisotopic (exact) mass is 726 g/mol. The molecule has 5 amide bonds. The molecule has 1 aliphatic rings. The first-order valence-electron chi connectivity index (χ1n) is 17.2. The van der Waals surface area contributed by atoms with Gasteiger partial charge in [0.15, 0.2) is 11.6 Å². The maximum atomic E-state index is 13.7. The molecule has 2 rings (SSSR count). The minimum atomic E-state index is -1.33. The molecule has 0 spiro atoms. The van der Waals surface area contributed by atoms with E-state index < -0.39 is 90.0 Å². The van der Waals surface area contributed by atoms with Gasteiger partial charge in [-0.15, -0.1) is 0 Å². The molecule has 3 atom stereocenters. The SMILES string of the molecule is CC(C)[C@H](CC(=O)[C@H](CCC(=O)O)NC(=O)CN1C(=O)C=CC1=O)C(=O)N[C@@H](CCCCC(N)=O)C(=O)Cc1ccc(COC(=O)C(C)(C)C)cc1. The smallest absolute Gasteiger partial charge is 0.311 e. The van der Waals surface area contributed by atoms with Crippen molar-refractivity contribution >= 4 is 53.0 Å². The van der Waals surface area contributed by atoms with Gasteiger partial charge in [-0.2, -0.15) is 0 Å². The van der Waals surface area contributed by atoms with Crippen LogP contribution < -0.4 is 16.4 Å². The Morgan fingerprint density at radius 3 is 1.94 bits per heavy atom. The van der Waals surface area contributed by atoms with Crippen molar-refractivity contribution in [3.05, 3.63) is 47.5 Å². The summed E-state index contributed by atoms with van der Waals surface area (Å²) in [5.41, 5.74) is 5.98. The van der Waals surface area contributed by atoms with Crippen molar-refractivity contribution in [2.75, 3.05) is 6.54 Å². The molecule has 1 aromatic carbocycles. The third-order valence-corrected chi connectivity index (χ3v) is 8.39. The van der Waals surface area contributed by atoms with Gasteiger partial charge in [0.05, 0.1) is 17.5 Å². The molecule has 1 heterocycles. The summed E-state index contributed by atoms with van der Waals surface area (Å²) < 4.78 is 5.34. The van der Waals surface area contributed by atoms with Crippen molar-refractivity contribution < 1.29 is 53.0 Å². The van der Waals surface area contributed by atoms with Crippen LogP contribution in [0.25, 0.3) is 0 Å². The zero-order chi connectivity index (χ0) is 39.2. The van der Waals surface area contributed by atoms with E-state index in [0.717, 1.165) is 17.7 Å². The second kappa shape index (κ2) is 20.0. The summed E-state index contributed by atoms with van der Waals surface area (Å²) in [6.07, 6.45) is 1.83. The Bertz CT molecular complexity index is 1530. The standard InChI is InChI=1S/C37H50N4O11/c1-22(2)25(19-29(43)27(14-17-34(48)49)39-31(45)20-41-32(46)15-16-33(41)47)35(50)40-26(8-6-7-9-30(38)44)28(42)18-23-10-12-24(13-11-23)21-52-36(51)37(3,4)5/h10-13,15-16,22,25-27H,6-9,14,17-21H2,1-5H3,(H2,38,44)(H,39,45)(H,40,50)(H,48,49)/t25-,26-,27-/m0/s1. The number of esters is 1. The van der Waals surface area contributed by atoms with Crippen LogP contribution in [0.1, 0.15) is 90.7 Å². The molecule has 1 aromatic rings. The number of carboxylic acid groups (broad SMARTS) is 1. The molecular weight excluding hydrogens is 676 g/mol. The number of primary amides is 1. The number of ketones is 2. The summed E-state index contributed by atoms with van der Waals surface area (Å²) in [6.45, 7) is 8.03. The average molecular weight is 727 g/mol. The predicted molar refractivity (Wildman–Crippen MR) is 187 cm³/mol. The van der Waals surface area contributed by atoms with E-state index in [0.29, 0.717) is 23.3 Å². The number of rotatable bonds is 22. The van der Waals surface area contributed by atoms with Gasteiger partial charge in [0.25, 0.3) is 11.8 Å². The number of carboxylic acids is 1. The van der Waals surface area contributed by atoms with Gasteiger partial charge in [-0.1, -0.05) is 44.5 Å². The van der Waals surface area contributed by atoms with Gasteiger partial charge < -0.3 is 26.2 Å². The largest absolute Gasteiger partial charge is 0.481 e. The maximum absolute atomic E-state index is 13.7. The number of nitrogens with zero attached hydrogens (tertiary/aromatic N) is 1. The summed E-state index contributed by atoms with van der Waals surface area (Å²) in [6, 6.07) is 4.60. The van der Waals surface area contributed by atoms with E-state index in [2.05, 4.69) is 10.6 Å². The molecule has 0 radical (unpaired) electrons. The van der Waals surface area contributed by atoms with Crippen LogP contribution in [0.4, 0.5) is 0 Å². The highest BCUT2D eigenvalue weighted by Crippen LogP contribution is 2.21. The molecule has 52 heavy (non-hydrogen) atoms. The number of hydrogen-bond donors (Lipinski definition) is 4. The Morgan fingerprint density at radius 2 is 1.40 bits per heavy atom. The second-order valence-corrected chi connectivity index (χ2v) is 14.2. The third-order valence-electron chi connectivity index (χ3n) is 8.39. The van der Waals surface area contributed by atoms with Gasteiger partial charge in [-0.05, 0) is 57.1 Å². The van der Waals surface area contributed by atoms with E-state index in [4.69, 9.17) is 10.5 Å². The first-order valence-corrected chi connectivity index (χ1v) is 17.2. The Balaban J connectivity index is 2.17. The highest BCUT2D eigenvalue weighted by Gasteiger charge is 2.33. The number of unbranched alkanes of at least 4 members (excludes halogenated alkanes) is 1. The number of hydrogen-bond acceptors (Lipinski definition) is 10. The van der Waals surface area contributed by atoms with E-state index in [1.54, 1.807) is 58.9 Å². The quantitative estimate of drug-likeness (QED) is 0.0765. The van der Waals surface area contributed by atoms with Crippen LogP contribution in [0, 0.1) is 17.3 Å². The van der Waals surface area contributed by atoms with Crippen molar-refractivity contribution in [2.45, 2.75) is 105 Å². The van der Waals surface area contributed by atoms with E-state index in [1.807, 2.05) is 0 Å². The van der Waals surface area contributed by atoms with Gasteiger partial charge in [0.1, 0.15) is 13.2 Å². The van der Waals surface area contributed by atoms with Gasteiger partial charge >= 0.3 is 11.9 Å². The molecule has 15 heteroatoms. The number of Topliss-reactive ketones (excluding diaryl/α,β-unsaturated/α-hetero) is 2. The van der Waals surface area contributed by atoms with Gasteiger partial charge in [0, 0.05) is 43.8 Å². The molecule has 0 unspecified atom stereocenters. The van der Waals surface area contributed by atoms with Crippen LogP contribution in [-0.4, -0.2) is 81.7 Å². The number of benzene rings is 1. The van der Waals surface area contributed by atoms with Crippen molar-refractivity contribution in [3.63, 3.8) is 0 Å². The molecular formula is C37H50N4O11. The number of carbonyl (C=O) groups is 9. The number of carbonyl (C=O) groups excluding carboxylic acids is 8. The highest BCUT2D eigenvalue weighted by molar-refractivity contribution is 6.14. The summed E-state index contributed by atoms with van der Waals surface area (Å²) in [4.78, 5) is 113. The van der Waals surface area contributed by atoms with Crippen LogP contribution in [0.2, 0.25) is 0 Å². The van der Waals surface area contributed by atoms with Crippen LogP contribution in [0.5, 0.6) is 0 Å². The summed E-state index contributed by atoms with van der Waals surface area (Å²) in [5.74, 6) is -7.31. The molecule has 0 aliphatic carbocycles. The zero-order valence-corrected chi connectivity index (χ0v) is 30.4. The first kappa shape index (κ1) is 43.0. The molecule has 0 aromatic heterocycles. The first-order chi connectivity index (χ1) is 24.3. The molecule has 15 nitrogen and oxygen atoms in total. The number of amides is 5. The van der Waals surface area contributed by atoms with Gasteiger partial charge in [-0.25, -0.2) is 0 Å². The Hall–Kier alpha value is -5.21. The lowest BCUT2D eigenvalue weighted by atomic mass is 9.86. The van der Waals surface area contributed by atoms with E-state index >= 15 is 0 Å². The molecule has 0 bridgehead atoms. The summed E-state index contributed by atoms with van der Waals surface area (Å²) in [7, 11) is 0. The number of nitrogens with two attached hydrogens (primary N) is 1. The molecule has 0 saturated heterocycles. The Labute approximate surface area is 303 Å². The van der Waals surface area contributed by atoms with Crippen LogP contribution in [0.3, 0.4) is 0 Å². The average Bonchev–Trinajstić information content (AvgIpc) is 3.37. The van der Waals surface area contributed by atoms with Crippen LogP contribution in [0.15, 0.2) is 36.4 Å². The molecule has 1 aliphatic heterocycles. The molecule has 284 valence electrons. The number of aliphatic carboxylic acids is 1. The summed E-state index contributed by atoms with van der Waals surface area (Å²) in [5, 5.41) is 14.4. The number of nitrogens with one attached hydrogen (secondary N) is 2. The van der Waals surface area contributed by atoms with Crippen molar-refractivity contribution in [3.8, 4) is 0 Å². The lowest BCUT2D eigenvalue weighted by molar-refractivity contribution is -0.154. The minimum Gasteiger partial charge on any atom is -0.481 e. The van der Waals surface area contributed by atoms with E-state index in [1.165, 1.54) is 0 Å². The Kier molecular flexibility index (Phi) is 16.5. The van der Waals surface area contributed by atoms with Crippen molar-refractivity contribution in [1.29, 1.82) is 0 Å². The molecule has 0 fully saturated rings. The predicted octanol–water partition coefficient (Wildman–Crippen LogP) is 1.92. The second-order valence-electron chi connectivity index (χ2n) is 14.2. The minimum absolute atomic E-state index is 0.0467. The third kappa shape index (κ3) is 14.6. The lowest BCUT2D eigenvalue weighted by Crippen LogP contribution is -2.49. The fourth-order valence-electron chi connectivity index (χ4n) is 5.23. The van der Waals surface area contributed by atoms with Gasteiger partial charge in [0.2, 0.25) is 17.7 Å². The fourth-order valence-corrected chi connectivity index (χ4v) is 5.23. The van der Waals surface area contributed by atoms with Gasteiger partial charge in [-0.3, -0.25) is 48.1 Å². The highest BCUT2D eigenvalue weighted by atomic mass is 16.5. The number of ether oxygens (including phenoxy) is 1.